The van der Waals surface area contributed by atoms with Crippen LogP contribution >= 0.6 is 0 Å². The fraction of sp³-hybridized carbons (Fsp3) is 0.857. The molecule has 0 radical (unpaired) electrons. The minimum Gasteiger partial charge on any atom is -0.308 e. The van der Waals surface area contributed by atoms with Gasteiger partial charge in [0.1, 0.15) is 0 Å². The molecule has 1 fully saturated rings. The highest BCUT2D eigenvalue weighted by molar-refractivity contribution is 4.94. The summed E-state index contributed by atoms with van der Waals surface area (Å²) < 4.78 is 1.95. The van der Waals surface area contributed by atoms with Gasteiger partial charge in [-0.05, 0) is 32.7 Å². The van der Waals surface area contributed by atoms with Crippen LogP contribution in [0.1, 0.15) is 39.3 Å². The Kier molecular flexibility index (Phi) is 4.93. The van der Waals surface area contributed by atoms with E-state index in [4.69, 9.17) is 0 Å². The quantitative estimate of drug-likeness (QED) is 0.774. The lowest BCUT2D eigenvalue weighted by molar-refractivity contribution is 0.198. The summed E-state index contributed by atoms with van der Waals surface area (Å²) in [5.41, 5.74) is 1.05. The van der Waals surface area contributed by atoms with Crippen LogP contribution in [0, 0.1) is 5.92 Å². The molecular formula is C14H27N5. The van der Waals surface area contributed by atoms with Crippen molar-refractivity contribution in [2.75, 3.05) is 13.6 Å². The van der Waals surface area contributed by atoms with Crippen molar-refractivity contribution in [1.29, 1.82) is 0 Å². The summed E-state index contributed by atoms with van der Waals surface area (Å²) in [6.07, 6.45) is 4.68. The maximum atomic E-state index is 4.21. The smallest absolute Gasteiger partial charge is 0.0964 e. The Morgan fingerprint density at radius 2 is 2.16 bits per heavy atom. The van der Waals surface area contributed by atoms with Crippen molar-refractivity contribution in [2.24, 2.45) is 5.92 Å². The van der Waals surface area contributed by atoms with Crippen LogP contribution in [-0.4, -0.2) is 45.6 Å². The van der Waals surface area contributed by atoms with Crippen LogP contribution in [0.15, 0.2) is 6.20 Å². The topological polar surface area (TPSA) is 46.0 Å². The standard InChI is InChI=1S/C14H27N5/c1-11(2)12(3)18(4)7-8-19-10-14(16-17-19)9-15-13-5-6-13/h10-13,15H,5-9H2,1-4H3. The van der Waals surface area contributed by atoms with Crippen molar-refractivity contribution in [3.05, 3.63) is 11.9 Å². The third kappa shape index (κ3) is 4.58. The molecule has 2 rings (SSSR count). The van der Waals surface area contributed by atoms with Crippen LogP contribution in [0.4, 0.5) is 0 Å². The Hall–Kier alpha value is -0.940. The number of hydrogen-bond donors (Lipinski definition) is 1. The largest absolute Gasteiger partial charge is 0.308 e. The summed E-state index contributed by atoms with van der Waals surface area (Å²) >= 11 is 0. The van der Waals surface area contributed by atoms with Crippen molar-refractivity contribution in [2.45, 2.75) is 58.8 Å². The molecule has 5 nitrogen and oxygen atoms in total. The molecule has 1 heterocycles. The zero-order valence-electron chi connectivity index (χ0n) is 12.6. The van der Waals surface area contributed by atoms with E-state index in [1.54, 1.807) is 0 Å². The number of likely N-dealkylation sites (N-methyl/N-ethyl adjacent to an activating group) is 1. The first kappa shape index (κ1) is 14.5. The molecule has 1 unspecified atom stereocenters. The zero-order chi connectivity index (χ0) is 13.8. The first-order valence-electron chi connectivity index (χ1n) is 7.39. The second kappa shape index (κ2) is 6.48. The minimum absolute atomic E-state index is 0.597. The van der Waals surface area contributed by atoms with E-state index in [1.807, 2.05) is 4.68 Å². The fourth-order valence-corrected chi connectivity index (χ4v) is 2.04. The van der Waals surface area contributed by atoms with Gasteiger partial charge in [-0.1, -0.05) is 19.1 Å². The van der Waals surface area contributed by atoms with Gasteiger partial charge in [0, 0.05) is 31.4 Å². The zero-order valence-corrected chi connectivity index (χ0v) is 12.6. The molecule has 19 heavy (non-hydrogen) atoms. The molecule has 1 N–H and O–H groups in total. The highest BCUT2D eigenvalue weighted by Gasteiger charge is 2.20. The van der Waals surface area contributed by atoms with Crippen LogP contribution in [0.25, 0.3) is 0 Å². The van der Waals surface area contributed by atoms with Crippen molar-refractivity contribution in [1.82, 2.24) is 25.2 Å². The fourth-order valence-electron chi connectivity index (χ4n) is 2.04. The number of rotatable bonds is 8. The van der Waals surface area contributed by atoms with Crippen molar-refractivity contribution in [3.8, 4) is 0 Å². The molecule has 0 bridgehead atoms. The maximum absolute atomic E-state index is 4.21. The lowest BCUT2D eigenvalue weighted by Gasteiger charge is -2.27. The Morgan fingerprint density at radius 1 is 1.42 bits per heavy atom. The SMILES string of the molecule is CC(C)C(C)N(C)CCn1cc(CNC2CC2)nn1. The van der Waals surface area contributed by atoms with Gasteiger partial charge < -0.3 is 10.2 Å². The van der Waals surface area contributed by atoms with Crippen molar-refractivity contribution < 1.29 is 0 Å². The predicted molar refractivity (Wildman–Crippen MR) is 76.8 cm³/mol. The third-order valence-corrected chi connectivity index (χ3v) is 4.08. The van der Waals surface area contributed by atoms with Crippen LogP contribution in [0.5, 0.6) is 0 Å². The first-order valence-corrected chi connectivity index (χ1v) is 7.39. The molecule has 1 aliphatic rings. The summed E-state index contributed by atoms with van der Waals surface area (Å²) in [5.74, 6) is 0.680. The molecular weight excluding hydrogens is 238 g/mol. The van der Waals surface area contributed by atoms with Gasteiger partial charge in [0.05, 0.1) is 12.2 Å². The highest BCUT2D eigenvalue weighted by atomic mass is 15.4. The summed E-state index contributed by atoms with van der Waals surface area (Å²) in [7, 11) is 2.18. The van der Waals surface area contributed by atoms with E-state index in [-0.39, 0.29) is 0 Å². The van der Waals surface area contributed by atoms with Gasteiger partial charge in [-0.3, -0.25) is 4.68 Å². The second-order valence-electron chi connectivity index (χ2n) is 6.09. The van der Waals surface area contributed by atoms with Gasteiger partial charge in [-0.15, -0.1) is 5.10 Å². The van der Waals surface area contributed by atoms with Gasteiger partial charge in [0.25, 0.3) is 0 Å². The van der Waals surface area contributed by atoms with E-state index in [0.717, 1.165) is 31.4 Å². The summed E-state index contributed by atoms with van der Waals surface area (Å²) in [6, 6.07) is 1.32. The second-order valence-corrected chi connectivity index (χ2v) is 6.09. The minimum atomic E-state index is 0.597. The van der Waals surface area contributed by atoms with E-state index in [9.17, 15) is 0 Å². The Bertz CT molecular complexity index is 383. The average Bonchev–Trinajstić information content (AvgIpc) is 3.11. The molecule has 0 saturated heterocycles. The van der Waals surface area contributed by atoms with E-state index in [0.29, 0.717) is 12.0 Å². The molecule has 1 saturated carbocycles. The Balaban J connectivity index is 1.72. The molecule has 1 aromatic rings. The molecule has 1 aliphatic carbocycles. The van der Waals surface area contributed by atoms with Crippen LogP contribution in [-0.2, 0) is 13.1 Å². The molecule has 1 aromatic heterocycles. The number of hydrogen-bond acceptors (Lipinski definition) is 4. The molecule has 5 heteroatoms. The number of nitrogens with zero attached hydrogens (tertiary/aromatic N) is 4. The van der Waals surface area contributed by atoms with E-state index in [1.165, 1.54) is 12.8 Å². The lowest BCUT2D eigenvalue weighted by atomic mass is 10.1. The van der Waals surface area contributed by atoms with Crippen molar-refractivity contribution >= 4 is 0 Å². The summed E-state index contributed by atoms with van der Waals surface area (Å²) in [4.78, 5) is 2.38. The van der Waals surface area contributed by atoms with Crippen LogP contribution in [0.3, 0.4) is 0 Å². The summed E-state index contributed by atoms with van der Waals surface area (Å²) in [6.45, 7) is 9.57. The molecule has 1 atom stereocenters. The van der Waals surface area contributed by atoms with Gasteiger partial charge in [0.15, 0.2) is 0 Å². The molecule has 0 spiro atoms. The maximum Gasteiger partial charge on any atom is 0.0964 e. The molecule has 0 aliphatic heterocycles. The lowest BCUT2D eigenvalue weighted by Crippen LogP contribution is -2.35. The van der Waals surface area contributed by atoms with Gasteiger partial charge in [-0.25, -0.2) is 0 Å². The predicted octanol–water partition coefficient (Wildman–Crippen LogP) is 1.51. The van der Waals surface area contributed by atoms with E-state index < -0.39 is 0 Å². The molecule has 108 valence electrons. The Labute approximate surface area is 116 Å². The Morgan fingerprint density at radius 3 is 2.79 bits per heavy atom. The van der Waals surface area contributed by atoms with Gasteiger partial charge in [0.2, 0.25) is 0 Å². The van der Waals surface area contributed by atoms with E-state index >= 15 is 0 Å². The van der Waals surface area contributed by atoms with E-state index in [2.05, 4.69) is 54.5 Å². The van der Waals surface area contributed by atoms with Gasteiger partial charge in [-0.2, -0.15) is 0 Å². The first-order chi connectivity index (χ1) is 9.06. The van der Waals surface area contributed by atoms with Crippen LogP contribution < -0.4 is 5.32 Å². The number of nitrogens with one attached hydrogen (secondary N) is 1. The van der Waals surface area contributed by atoms with Crippen molar-refractivity contribution in [3.63, 3.8) is 0 Å². The highest BCUT2D eigenvalue weighted by Crippen LogP contribution is 2.18. The normalized spacial score (nSPS) is 17.4. The summed E-state index contributed by atoms with van der Waals surface area (Å²) in [5, 5.41) is 11.9. The third-order valence-electron chi connectivity index (χ3n) is 4.08. The number of aromatic nitrogens is 3. The molecule has 0 aromatic carbocycles. The molecule has 0 amide bonds. The monoisotopic (exact) mass is 265 g/mol. The van der Waals surface area contributed by atoms with Gasteiger partial charge >= 0.3 is 0 Å². The average molecular weight is 265 g/mol. The van der Waals surface area contributed by atoms with Crippen LogP contribution in [0.2, 0.25) is 0 Å².